The van der Waals surface area contributed by atoms with E-state index in [2.05, 4.69) is 15.6 Å². The first-order valence-corrected chi connectivity index (χ1v) is 6.02. The molecule has 0 saturated heterocycles. The fourth-order valence-corrected chi connectivity index (χ4v) is 1.73. The lowest BCUT2D eigenvalue weighted by Gasteiger charge is -2.09. The molecule has 0 aliphatic rings. The Morgan fingerprint density at radius 3 is 2.71 bits per heavy atom. The van der Waals surface area contributed by atoms with Crippen LogP contribution < -0.4 is 10.6 Å². The predicted octanol–water partition coefficient (Wildman–Crippen LogP) is 2.92. The number of hydrogen-bond donors (Lipinski definition) is 2. The predicted molar refractivity (Wildman–Crippen MR) is 74.1 cm³/mol. The molecule has 6 nitrogen and oxygen atoms in total. The van der Waals surface area contributed by atoms with Gasteiger partial charge in [0, 0.05) is 25.2 Å². The van der Waals surface area contributed by atoms with E-state index in [0.717, 1.165) is 18.2 Å². The number of anilines is 2. The lowest BCUT2D eigenvalue weighted by Crippen LogP contribution is -2.07. The summed E-state index contributed by atoms with van der Waals surface area (Å²) in [6.45, 7) is -0.120. The largest absolute Gasteiger partial charge is 0.373 e. The molecule has 0 radical (unpaired) electrons. The molecule has 2 rings (SSSR count). The average molecular weight is 294 g/mol. The smallest absolute Gasteiger partial charge is 0.311 e. The monoisotopic (exact) mass is 294 g/mol. The van der Waals surface area contributed by atoms with Crippen molar-refractivity contribution >= 4 is 17.3 Å². The van der Waals surface area contributed by atoms with E-state index in [0.29, 0.717) is 5.82 Å². The highest BCUT2D eigenvalue weighted by molar-refractivity contribution is 5.60. The van der Waals surface area contributed by atoms with Crippen LogP contribution >= 0.6 is 0 Å². The van der Waals surface area contributed by atoms with Crippen molar-refractivity contribution in [2.75, 3.05) is 17.7 Å². The molecular weight excluding hydrogens is 282 g/mol. The van der Waals surface area contributed by atoms with Crippen molar-refractivity contribution in [1.82, 2.24) is 4.98 Å². The van der Waals surface area contributed by atoms with E-state index in [4.69, 9.17) is 0 Å². The number of benzene rings is 1. The zero-order chi connectivity index (χ0) is 15.4. The van der Waals surface area contributed by atoms with Gasteiger partial charge in [0.2, 0.25) is 5.82 Å². The summed E-state index contributed by atoms with van der Waals surface area (Å²) in [4.78, 5) is 14.3. The molecule has 1 aromatic carbocycles. The Kier molecular flexibility index (Phi) is 4.27. The van der Waals surface area contributed by atoms with Gasteiger partial charge in [-0.05, 0) is 24.3 Å². The first-order valence-electron chi connectivity index (χ1n) is 6.02. The van der Waals surface area contributed by atoms with Crippen molar-refractivity contribution in [1.29, 1.82) is 0 Å². The van der Waals surface area contributed by atoms with Crippen LogP contribution in [0, 0.1) is 21.7 Å². The fraction of sp³-hybridized carbons (Fsp3) is 0.154. The maximum atomic E-state index is 13.5. The second-order valence-corrected chi connectivity index (χ2v) is 4.16. The Morgan fingerprint density at radius 2 is 2.05 bits per heavy atom. The van der Waals surface area contributed by atoms with Crippen molar-refractivity contribution < 1.29 is 13.7 Å². The van der Waals surface area contributed by atoms with Crippen LogP contribution in [0.15, 0.2) is 30.3 Å². The number of nitrogens with one attached hydrogen (secondary N) is 2. The molecule has 1 aromatic heterocycles. The van der Waals surface area contributed by atoms with Crippen molar-refractivity contribution in [3.05, 3.63) is 57.6 Å². The summed E-state index contributed by atoms with van der Waals surface area (Å²) in [5, 5.41) is 16.3. The van der Waals surface area contributed by atoms with Gasteiger partial charge in [-0.3, -0.25) is 10.1 Å². The number of pyridine rings is 1. The van der Waals surface area contributed by atoms with Crippen LogP contribution in [-0.4, -0.2) is 17.0 Å². The minimum Gasteiger partial charge on any atom is -0.373 e. The van der Waals surface area contributed by atoms with Gasteiger partial charge in [0.25, 0.3) is 0 Å². The molecule has 0 bridgehead atoms. The highest BCUT2D eigenvalue weighted by Crippen LogP contribution is 2.24. The third-order valence-electron chi connectivity index (χ3n) is 2.78. The average Bonchev–Trinajstić information content (AvgIpc) is 2.47. The molecule has 0 aliphatic heterocycles. The van der Waals surface area contributed by atoms with Crippen molar-refractivity contribution in [2.45, 2.75) is 6.54 Å². The third-order valence-corrected chi connectivity index (χ3v) is 2.78. The van der Waals surface area contributed by atoms with E-state index in [1.54, 1.807) is 7.05 Å². The number of nitro groups is 1. The Bertz CT molecular complexity index is 679. The highest BCUT2D eigenvalue weighted by atomic mass is 19.1. The summed E-state index contributed by atoms with van der Waals surface area (Å²) in [7, 11) is 1.62. The Labute approximate surface area is 119 Å². The highest BCUT2D eigenvalue weighted by Gasteiger charge is 2.16. The molecule has 1 heterocycles. The summed E-state index contributed by atoms with van der Waals surface area (Å²) in [5.74, 6) is -0.783. The molecule has 110 valence electrons. The Hall–Kier alpha value is -2.77. The van der Waals surface area contributed by atoms with E-state index in [1.165, 1.54) is 12.1 Å². The molecule has 0 atom stereocenters. The van der Waals surface area contributed by atoms with Crippen LogP contribution in [0.2, 0.25) is 0 Å². The van der Waals surface area contributed by atoms with Gasteiger partial charge in [-0.1, -0.05) is 0 Å². The van der Waals surface area contributed by atoms with Crippen LogP contribution in [0.3, 0.4) is 0 Å². The molecular formula is C13H12F2N4O2. The van der Waals surface area contributed by atoms with E-state index in [1.807, 2.05) is 0 Å². The molecule has 0 aliphatic carbocycles. The minimum absolute atomic E-state index is 0.0180. The number of aromatic nitrogens is 1. The number of halogens is 2. The quantitative estimate of drug-likeness (QED) is 0.654. The maximum absolute atomic E-state index is 13.5. The Morgan fingerprint density at radius 1 is 1.29 bits per heavy atom. The maximum Gasteiger partial charge on any atom is 0.311 e. The molecule has 0 amide bonds. The van der Waals surface area contributed by atoms with Gasteiger partial charge in [-0.2, -0.15) is 0 Å². The van der Waals surface area contributed by atoms with Gasteiger partial charge in [0.15, 0.2) is 0 Å². The van der Waals surface area contributed by atoms with Crippen LogP contribution in [0.4, 0.5) is 26.1 Å². The van der Waals surface area contributed by atoms with E-state index in [-0.39, 0.29) is 23.6 Å². The lowest BCUT2D eigenvalue weighted by atomic mass is 10.2. The third kappa shape index (κ3) is 3.41. The first kappa shape index (κ1) is 14.6. The summed E-state index contributed by atoms with van der Waals surface area (Å²) in [5.41, 5.74) is -0.188. The number of hydrogen-bond acceptors (Lipinski definition) is 5. The van der Waals surface area contributed by atoms with Crippen molar-refractivity contribution in [3.8, 4) is 0 Å². The molecule has 0 saturated carbocycles. The Balaban J connectivity index is 2.26. The fourth-order valence-electron chi connectivity index (χ4n) is 1.73. The molecule has 2 N–H and O–H groups in total. The van der Waals surface area contributed by atoms with E-state index >= 15 is 0 Å². The van der Waals surface area contributed by atoms with Gasteiger partial charge < -0.3 is 10.6 Å². The van der Waals surface area contributed by atoms with Crippen LogP contribution in [-0.2, 0) is 6.54 Å². The standard InChI is InChI=1S/C13H12F2N4O2/c1-16-12-5-4-11(19(20)21)13(18-12)17-7-8-6-9(14)2-3-10(8)15/h2-6H,7H2,1H3,(H2,16,17,18). The lowest BCUT2D eigenvalue weighted by molar-refractivity contribution is -0.384. The van der Waals surface area contributed by atoms with Gasteiger partial charge in [-0.15, -0.1) is 0 Å². The van der Waals surface area contributed by atoms with Crippen molar-refractivity contribution in [3.63, 3.8) is 0 Å². The van der Waals surface area contributed by atoms with Gasteiger partial charge >= 0.3 is 5.69 Å². The van der Waals surface area contributed by atoms with Crippen LogP contribution in [0.5, 0.6) is 0 Å². The second-order valence-electron chi connectivity index (χ2n) is 4.16. The zero-order valence-corrected chi connectivity index (χ0v) is 11.1. The first-order chi connectivity index (χ1) is 10.0. The van der Waals surface area contributed by atoms with Gasteiger partial charge in [0.1, 0.15) is 17.5 Å². The summed E-state index contributed by atoms with van der Waals surface area (Å²) in [6, 6.07) is 5.75. The molecule has 8 heteroatoms. The minimum atomic E-state index is -0.601. The van der Waals surface area contributed by atoms with Crippen LogP contribution in [0.1, 0.15) is 5.56 Å². The molecule has 0 unspecified atom stereocenters. The summed E-state index contributed by atoms with van der Waals surface area (Å²) >= 11 is 0. The summed E-state index contributed by atoms with van der Waals surface area (Å²) < 4.78 is 26.6. The normalized spacial score (nSPS) is 10.2. The topological polar surface area (TPSA) is 80.1 Å². The number of nitrogens with zero attached hydrogens (tertiary/aromatic N) is 2. The van der Waals surface area contributed by atoms with Crippen LogP contribution in [0.25, 0.3) is 0 Å². The SMILES string of the molecule is CNc1ccc([N+](=O)[O-])c(NCc2cc(F)ccc2F)n1. The molecule has 0 spiro atoms. The molecule has 21 heavy (non-hydrogen) atoms. The number of rotatable bonds is 5. The van der Waals surface area contributed by atoms with E-state index in [9.17, 15) is 18.9 Å². The molecule has 0 fully saturated rings. The zero-order valence-electron chi connectivity index (χ0n) is 11.1. The van der Waals surface area contributed by atoms with E-state index < -0.39 is 16.6 Å². The van der Waals surface area contributed by atoms with Gasteiger partial charge in [0.05, 0.1) is 4.92 Å². The second kappa shape index (κ2) is 6.12. The summed E-state index contributed by atoms with van der Waals surface area (Å²) in [6.07, 6.45) is 0. The van der Waals surface area contributed by atoms with Gasteiger partial charge in [-0.25, -0.2) is 13.8 Å². The molecule has 2 aromatic rings. The van der Waals surface area contributed by atoms with Crippen molar-refractivity contribution in [2.24, 2.45) is 0 Å².